The quantitative estimate of drug-likeness (QED) is 0.818. The molecule has 0 aliphatic rings. The molecular formula is C10H14BrNO2S2. The molecule has 0 aliphatic carbocycles. The summed E-state index contributed by atoms with van der Waals surface area (Å²) < 4.78 is 5.93. The molecule has 0 fully saturated rings. The summed E-state index contributed by atoms with van der Waals surface area (Å²) in [7, 11) is 0. The van der Waals surface area contributed by atoms with Crippen LogP contribution in [0.5, 0.6) is 0 Å². The summed E-state index contributed by atoms with van der Waals surface area (Å²) in [6.07, 6.45) is 0. The molecule has 0 radical (unpaired) electrons. The molecule has 1 aromatic rings. The summed E-state index contributed by atoms with van der Waals surface area (Å²) in [6.45, 7) is 2.16. The van der Waals surface area contributed by atoms with E-state index in [2.05, 4.69) is 22.0 Å². The predicted octanol–water partition coefficient (Wildman–Crippen LogP) is 2.63. The maximum atomic E-state index is 11.2. The molecule has 1 heterocycles. The Morgan fingerprint density at radius 1 is 1.75 bits per heavy atom. The van der Waals surface area contributed by atoms with E-state index in [-0.39, 0.29) is 5.97 Å². The highest BCUT2D eigenvalue weighted by Crippen LogP contribution is 2.23. The number of hydrogen-bond donors (Lipinski definition) is 1. The number of hydrogen-bond acceptors (Lipinski definition) is 5. The second-order valence-electron chi connectivity index (χ2n) is 3.10. The SMILES string of the molecule is CCOC(=O)C(N)CSCc1cc(Br)cs1. The van der Waals surface area contributed by atoms with Crippen molar-refractivity contribution in [3.63, 3.8) is 0 Å². The van der Waals surface area contributed by atoms with Gasteiger partial charge in [-0.3, -0.25) is 4.79 Å². The van der Waals surface area contributed by atoms with Crippen molar-refractivity contribution in [1.29, 1.82) is 0 Å². The van der Waals surface area contributed by atoms with Crippen LogP contribution in [0, 0.1) is 0 Å². The van der Waals surface area contributed by atoms with Crippen LogP contribution in [0.15, 0.2) is 15.9 Å². The van der Waals surface area contributed by atoms with Gasteiger partial charge in [-0.05, 0) is 28.9 Å². The molecule has 1 rings (SSSR count). The number of esters is 1. The fourth-order valence-corrected chi connectivity index (χ4v) is 3.58. The van der Waals surface area contributed by atoms with Crippen molar-refractivity contribution in [3.05, 3.63) is 20.8 Å². The molecule has 90 valence electrons. The highest BCUT2D eigenvalue weighted by atomic mass is 79.9. The monoisotopic (exact) mass is 323 g/mol. The van der Waals surface area contributed by atoms with Crippen LogP contribution in [0.2, 0.25) is 0 Å². The zero-order chi connectivity index (χ0) is 12.0. The summed E-state index contributed by atoms with van der Waals surface area (Å²) in [5.41, 5.74) is 5.67. The third kappa shape index (κ3) is 4.86. The molecule has 0 spiro atoms. The average Bonchev–Trinajstić information content (AvgIpc) is 2.64. The van der Waals surface area contributed by atoms with Crippen molar-refractivity contribution < 1.29 is 9.53 Å². The Morgan fingerprint density at radius 2 is 2.50 bits per heavy atom. The summed E-state index contributed by atoms with van der Waals surface area (Å²) in [5.74, 6) is 1.15. The highest BCUT2D eigenvalue weighted by molar-refractivity contribution is 9.10. The first-order chi connectivity index (χ1) is 7.63. The molecule has 6 heteroatoms. The normalized spacial score (nSPS) is 12.4. The number of carbonyl (C=O) groups excluding carboxylic acids is 1. The van der Waals surface area contributed by atoms with E-state index in [1.807, 2.05) is 5.38 Å². The number of halogens is 1. The lowest BCUT2D eigenvalue weighted by Crippen LogP contribution is -2.34. The minimum absolute atomic E-state index is 0.317. The maximum absolute atomic E-state index is 11.2. The van der Waals surface area contributed by atoms with Crippen molar-refractivity contribution in [3.8, 4) is 0 Å². The topological polar surface area (TPSA) is 52.3 Å². The average molecular weight is 324 g/mol. The molecule has 1 unspecified atom stereocenters. The summed E-state index contributed by atoms with van der Waals surface area (Å²) in [5, 5.41) is 2.04. The fraction of sp³-hybridized carbons (Fsp3) is 0.500. The Bertz CT molecular complexity index is 343. The minimum atomic E-state index is -0.520. The van der Waals surface area contributed by atoms with Crippen LogP contribution in [0.4, 0.5) is 0 Å². The third-order valence-electron chi connectivity index (χ3n) is 1.75. The molecule has 2 N–H and O–H groups in total. The molecule has 16 heavy (non-hydrogen) atoms. The van der Waals surface area contributed by atoms with Crippen LogP contribution in [-0.4, -0.2) is 24.4 Å². The van der Waals surface area contributed by atoms with Crippen molar-refractivity contribution in [2.75, 3.05) is 12.4 Å². The van der Waals surface area contributed by atoms with Gasteiger partial charge in [0.25, 0.3) is 0 Å². The van der Waals surface area contributed by atoms with Crippen molar-refractivity contribution in [2.45, 2.75) is 18.7 Å². The number of thiophene rings is 1. The first-order valence-electron chi connectivity index (χ1n) is 4.86. The third-order valence-corrected chi connectivity index (χ3v) is 4.74. The smallest absolute Gasteiger partial charge is 0.323 e. The first kappa shape index (κ1) is 14.0. The van der Waals surface area contributed by atoms with E-state index in [0.29, 0.717) is 12.4 Å². The molecule has 1 aromatic heterocycles. The molecule has 0 amide bonds. The second kappa shape index (κ2) is 7.32. The van der Waals surface area contributed by atoms with E-state index < -0.39 is 6.04 Å². The van der Waals surface area contributed by atoms with Gasteiger partial charge in [0.2, 0.25) is 0 Å². The van der Waals surface area contributed by atoms with Gasteiger partial charge in [-0.15, -0.1) is 11.3 Å². The molecule has 0 aromatic carbocycles. The Balaban J connectivity index is 2.22. The molecule has 1 atom stereocenters. The Morgan fingerprint density at radius 3 is 3.06 bits per heavy atom. The van der Waals surface area contributed by atoms with Crippen LogP contribution in [0.1, 0.15) is 11.8 Å². The Labute approximate surface area is 112 Å². The summed E-state index contributed by atoms with van der Waals surface area (Å²) in [4.78, 5) is 12.5. The molecule has 3 nitrogen and oxygen atoms in total. The van der Waals surface area contributed by atoms with E-state index >= 15 is 0 Å². The number of ether oxygens (including phenoxy) is 1. The number of nitrogens with two attached hydrogens (primary N) is 1. The van der Waals surface area contributed by atoms with E-state index in [0.717, 1.165) is 10.2 Å². The zero-order valence-corrected chi connectivity index (χ0v) is 12.2. The van der Waals surface area contributed by atoms with E-state index in [9.17, 15) is 4.79 Å². The van der Waals surface area contributed by atoms with Crippen LogP contribution in [0.25, 0.3) is 0 Å². The van der Waals surface area contributed by atoms with Crippen molar-refractivity contribution in [1.82, 2.24) is 0 Å². The Hall–Kier alpha value is -0.0400. The van der Waals surface area contributed by atoms with Crippen LogP contribution >= 0.6 is 39.0 Å². The van der Waals surface area contributed by atoms with Gasteiger partial charge in [0.1, 0.15) is 6.04 Å². The minimum Gasteiger partial charge on any atom is -0.465 e. The van der Waals surface area contributed by atoms with E-state index in [1.54, 1.807) is 30.0 Å². The van der Waals surface area contributed by atoms with Crippen molar-refractivity contribution >= 4 is 45.0 Å². The fourth-order valence-electron chi connectivity index (χ4n) is 1.03. The van der Waals surface area contributed by atoms with Crippen LogP contribution < -0.4 is 5.73 Å². The number of rotatable bonds is 6. The van der Waals surface area contributed by atoms with E-state index in [4.69, 9.17) is 10.5 Å². The highest BCUT2D eigenvalue weighted by Gasteiger charge is 2.14. The van der Waals surface area contributed by atoms with Gasteiger partial charge in [0, 0.05) is 26.2 Å². The van der Waals surface area contributed by atoms with Crippen molar-refractivity contribution in [2.24, 2.45) is 5.73 Å². The lowest BCUT2D eigenvalue weighted by Gasteiger charge is -2.09. The second-order valence-corrected chi connectivity index (χ2v) is 6.05. The lowest BCUT2D eigenvalue weighted by atomic mass is 10.4. The van der Waals surface area contributed by atoms with Gasteiger partial charge in [-0.2, -0.15) is 11.8 Å². The molecule has 0 aliphatic heterocycles. The number of thioether (sulfide) groups is 1. The summed E-state index contributed by atoms with van der Waals surface area (Å²) in [6, 6.07) is 1.56. The van der Waals surface area contributed by atoms with Gasteiger partial charge < -0.3 is 10.5 Å². The first-order valence-corrected chi connectivity index (χ1v) is 7.69. The lowest BCUT2D eigenvalue weighted by molar-refractivity contribution is -0.144. The molecule has 0 saturated carbocycles. The van der Waals surface area contributed by atoms with Gasteiger partial charge in [0.05, 0.1) is 6.61 Å². The van der Waals surface area contributed by atoms with Gasteiger partial charge >= 0.3 is 5.97 Å². The maximum Gasteiger partial charge on any atom is 0.323 e. The Kier molecular flexibility index (Phi) is 6.41. The largest absolute Gasteiger partial charge is 0.465 e. The standard InChI is InChI=1S/C10H14BrNO2S2/c1-2-14-10(13)9(12)6-15-5-8-3-7(11)4-16-8/h3-4,9H,2,5-6,12H2,1H3. The molecule has 0 bridgehead atoms. The van der Waals surface area contributed by atoms with Gasteiger partial charge in [-0.1, -0.05) is 0 Å². The number of carbonyl (C=O) groups is 1. The predicted molar refractivity (Wildman–Crippen MR) is 72.8 cm³/mol. The zero-order valence-electron chi connectivity index (χ0n) is 8.94. The van der Waals surface area contributed by atoms with E-state index in [1.165, 1.54) is 4.88 Å². The van der Waals surface area contributed by atoms with Gasteiger partial charge in [-0.25, -0.2) is 0 Å². The molecular weight excluding hydrogens is 310 g/mol. The summed E-state index contributed by atoms with van der Waals surface area (Å²) >= 11 is 6.74. The van der Waals surface area contributed by atoms with Gasteiger partial charge in [0.15, 0.2) is 0 Å². The van der Waals surface area contributed by atoms with Crippen LogP contribution in [0.3, 0.4) is 0 Å². The van der Waals surface area contributed by atoms with Crippen LogP contribution in [-0.2, 0) is 15.3 Å². The molecule has 0 saturated heterocycles.